The molecule has 1 aliphatic rings. The summed E-state index contributed by atoms with van der Waals surface area (Å²) in [7, 11) is 0. The quantitative estimate of drug-likeness (QED) is 0.720. The normalized spacial score (nSPS) is 29.1. The molecule has 1 aliphatic carbocycles. The third-order valence-corrected chi connectivity index (χ3v) is 3.96. The maximum absolute atomic E-state index is 9.21. The lowest BCUT2D eigenvalue weighted by molar-refractivity contribution is -0.126. The SMILES string of the molecule is CCC(CO)NC1CC(OCC(C)C)C1(C)C. The Labute approximate surface area is 106 Å². The third kappa shape index (κ3) is 3.67. The van der Waals surface area contributed by atoms with E-state index in [-0.39, 0.29) is 18.1 Å². The Morgan fingerprint density at radius 2 is 2.06 bits per heavy atom. The summed E-state index contributed by atoms with van der Waals surface area (Å²) in [6.07, 6.45) is 2.40. The second-order valence-electron chi connectivity index (χ2n) is 6.28. The molecule has 0 bridgehead atoms. The van der Waals surface area contributed by atoms with Gasteiger partial charge in [0.05, 0.1) is 12.7 Å². The Hall–Kier alpha value is -0.120. The summed E-state index contributed by atoms with van der Waals surface area (Å²) in [5, 5.41) is 12.7. The molecule has 3 atom stereocenters. The fourth-order valence-corrected chi connectivity index (χ4v) is 2.34. The number of hydrogen-bond donors (Lipinski definition) is 2. The van der Waals surface area contributed by atoms with E-state index in [0.717, 1.165) is 19.4 Å². The molecule has 0 spiro atoms. The predicted molar refractivity (Wildman–Crippen MR) is 71.1 cm³/mol. The molecule has 0 saturated heterocycles. The van der Waals surface area contributed by atoms with Gasteiger partial charge in [0.25, 0.3) is 0 Å². The minimum atomic E-state index is 0.178. The number of ether oxygens (including phenoxy) is 1. The molecule has 1 saturated carbocycles. The van der Waals surface area contributed by atoms with E-state index >= 15 is 0 Å². The van der Waals surface area contributed by atoms with Crippen LogP contribution < -0.4 is 5.32 Å². The number of rotatable bonds is 7. The van der Waals surface area contributed by atoms with Gasteiger partial charge in [-0.15, -0.1) is 0 Å². The highest BCUT2D eigenvalue weighted by Crippen LogP contribution is 2.43. The summed E-state index contributed by atoms with van der Waals surface area (Å²) in [6.45, 7) is 12.0. The first-order chi connectivity index (χ1) is 7.91. The summed E-state index contributed by atoms with van der Waals surface area (Å²) >= 11 is 0. The number of hydrogen-bond acceptors (Lipinski definition) is 3. The fourth-order valence-electron chi connectivity index (χ4n) is 2.34. The number of nitrogens with one attached hydrogen (secondary N) is 1. The molecule has 0 aromatic heterocycles. The van der Waals surface area contributed by atoms with Gasteiger partial charge in [-0.3, -0.25) is 0 Å². The molecule has 1 fully saturated rings. The van der Waals surface area contributed by atoms with Gasteiger partial charge in [-0.1, -0.05) is 34.6 Å². The van der Waals surface area contributed by atoms with E-state index in [2.05, 4.69) is 39.9 Å². The topological polar surface area (TPSA) is 41.5 Å². The van der Waals surface area contributed by atoms with Crippen molar-refractivity contribution >= 4 is 0 Å². The molecule has 0 heterocycles. The highest BCUT2D eigenvalue weighted by Gasteiger charge is 2.49. The first-order valence-corrected chi connectivity index (χ1v) is 6.90. The van der Waals surface area contributed by atoms with Crippen LogP contribution in [-0.4, -0.2) is 36.5 Å². The molecule has 3 unspecified atom stereocenters. The van der Waals surface area contributed by atoms with Gasteiger partial charge in [-0.2, -0.15) is 0 Å². The molecule has 17 heavy (non-hydrogen) atoms. The van der Waals surface area contributed by atoms with E-state index in [9.17, 15) is 5.11 Å². The van der Waals surface area contributed by atoms with Crippen LogP contribution in [0.25, 0.3) is 0 Å². The Kier molecular flexibility index (Phi) is 5.42. The second kappa shape index (κ2) is 6.17. The van der Waals surface area contributed by atoms with Crippen LogP contribution in [0.1, 0.15) is 47.5 Å². The Morgan fingerprint density at radius 3 is 2.47 bits per heavy atom. The van der Waals surface area contributed by atoms with Crippen LogP contribution >= 0.6 is 0 Å². The minimum absolute atomic E-state index is 0.178. The summed E-state index contributed by atoms with van der Waals surface area (Å²) < 4.78 is 5.93. The first-order valence-electron chi connectivity index (χ1n) is 6.90. The van der Waals surface area contributed by atoms with Crippen LogP contribution in [0.3, 0.4) is 0 Å². The van der Waals surface area contributed by atoms with Crippen molar-refractivity contribution in [3.8, 4) is 0 Å². The minimum Gasteiger partial charge on any atom is -0.395 e. The van der Waals surface area contributed by atoms with Gasteiger partial charge in [-0.05, 0) is 18.8 Å². The molecular formula is C14H29NO2. The molecule has 0 aliphatic heterocycles. The molecule has 0 amide bonds. The summed E-state index contributed by atoms with van der Waals surface area (Å²) in [5.74, 6) is 0.596. The molecule has 102 valence electrons. The van der Waals surface area contributed by atoms with E-state index in [1.165, 1.54) is 0 Å². The first kappa shape index (κ1) is 14.9. The zero-order valence-corrected chi connectivity index (χ0v) is 12.0. The van der Waals surface area contributed by atoms with Crippen LogP contribution in [0.2, 0.25) is 0 Å². The van der Waals surface area contributed by atoms with E-state index in [1.807, 2.05) is 0 Å². The average Bonchev–Trinajstić information content (AvgIpc) is 2.27. The van der Waals surface area contributed by atoms with Crippen molar-refractivity contribution in [1.82, 2.24) is 5.32 Å². The van der Waals surface area contributed by atoms with Crippen LogP contribution in [-0.2, 0) is 4.74 Å². The fraction of sp³-hybridized carbons (Fsp3) is 1.00. The van der Waals surface area contributed by atoms with Crippen molar-refractivity contribution in [3.63, 3.8) is 0 Å². The summed E-state index contributed by atoms with van der Waals surface area (Å²) in [4.78, 5) is 0. The molecule has 1 rings (SSSR count). The van der Waals surface area contributed by atoms with E-state index < -0.39 is 0 Å². The zero-order chi connectivity index (χ0) is 13.1. The largest absolute Gasteiger partial charge is 0.395 e. The maximum atomic E-state index is 9.21. The maximum Gasteiger partial charge on any atom is 0.0656 e. The monoisotopic (exact) mass is 243 g/mol. The standard InChI is InChI=1S/C14H29NO2/c1-6-11(8-16)15-12-7-13(14(12,4)5)17-9-10(2)3/h10-13,15-16H,6-9H2,1-5H3. The Bertz CT molecular complexity index is 224. The van der Waals surface area contributed by atoms with Gasteiger partial charge >= 0.3 is 0 Å². The molecule has 0 aromatic carbocycles. The number of aliphatic hydroxyl groups excluding tert-OH is 1. The Morgan fingerprint density at radius 1 is 1.41 bits per heavy atom. The van der Waals surface area contributed by atoms with Gasteiger partial charge in [-0.25, -0.2) is 0 Å². The lowest BCUT2D eigenvalue weighted by Gasteiger charge is -2.53. The van der Waals surface area contributed by atoms with Crippen molar-refractivity contribution in [1.29, 1.82) is 0 Å². The summed E-state index contributed by atoms with van der Waals surface area (Å²) in [5.41, 5.74) is 0.178. The second-order valence-corrected chi connectivity index (χ2v) is 6.28. The molecule has 0 radical (unpaired) electrons. The highest BCUT2D eigenvalue weighted by atomic mass is 16.5. The third-order valence-electron chi connectivity index (χ3n) is 3.96. The van der Waals surface area contributed by atoms with E-state index in [4.69, 9.17) is 4.74 Å². The van der Waals surface area contributed by atoms with Crippen molar-refractivity contribution in [2.45, 2.75) is 65.6 Å². The molecule has 0 aromatic rings. The Balaban J connectivity index is 2.38. The predicted octanol–water partition coefficient (Wildman–Crippen LogP) is 2.19. The smallest absolute Gasteiger partial charge is 0.0656 e. The van der Waals surface area contributed by atoms with Gasteiger partial charge in [0.2, 0.25) is 0 Å². The van der Waals surface area contributed by atoms with Crippen LogP contribution in [0, 0.1) is 11.3 Å². The van der Waals surface area contributed by atoms with Gasteiger partial charge in [0, 0.05) is 24.1 Å². The zero-order valence-electron chi connectivity index (χ0n) is 12.0. The lowest BCUT2D eigenvalue weighted by atomic mass is 9.64. The molecule has 3 heteroatoms. The van der Waals surface area contributed by atoms with Crippen molar-refractivity contribution in [2.75, 3.05) is 13.2 Å². The number of aliphatic hydroxyl groups is 1. The molecule has 2 N–H and O–H groups in total. The van der Waals surface area contributed by atoms with Crippen LogP contribution in [0.5, 0.6) is 0 Å². The van der Waals surface area contributed by atoms with Gasteiger partial charge in [0.15, 0.2) is 0 Å². The van der Waals surface area contributed by atoms with Crippen LogP contribution in [0.15, 0.2) is 0 Å². The molecular weight excluding hydrogens is 214 g/mol. The lowest BCUT2D eigenvalue weighted by Crippen LogP contribution is -2.63. The summed E-state index contributed by atoms with van der Waals surface area (Å²) in [6, 6.07) is 0.696. The van der Waals surface area contributed by atoms with Crippen LogP contribution in [0.4, 0.5) is 0 Å². The van der Waals surface area contributed by atoms with Crippen molar-refractivity contribution < 1.29 is 9.84 Å². The van der Waals surface area contributed by atoms with E-state index in [0.29, 0.717) is 18.1 Å². The molecule has 3 nitrogen and oxygen atoms in total. The van der Waals surface area contributed by atoms with Gasteiger partial charge < -0.3 is 15.2 Å². The van der Waals surface area contributed by atoms with Crippen molar-refractivity contribution in [2.24, 2.45) is 11.3 Å². The van der Waals surface area contributed by atoms with Gasteiger partial charge in [0.1, 0.15) is 0 Å². The van der Waals surface area contributed by atoms with Crippen molar-refractivity contribution in [3.05, 3.63) is 0 Å². The highest BCUT2D eigenvalue weighted by molar-refractivity contribution is 5.03. The van der Waals surface area contributed by atoms with E-state index in [1.54, 1.807) is 0 Å². The average molecular weight is 243 g/mol.